The summed E-state index contributed by atoms with van der Waals surface area (Å²) in [5.74, 6) is -0.373. The van der Waals surface area contributed by atoms with E-state index in [-0.39, 0.29) is 11.7 Å². The van der Waals surface area contributed by atoms with Crippen LogP contribution >= 0.6 is 31.9 Å². The molecule has 0 saturated heterocycles. The van der Waals surface area contributed by atoms with Gasteiger partial charge < -0.3 is 4.90 Å². The molecule has 2 nitrogen and oxygen atoms in total. The molecule has 0 fully saturated rings. The predicted molar refractivity (Wildman–Crippen MR) is 88.7 cm³/mol. The highest BCUT2D eigenvalue weighted by atomic mass is 79.9. The van der Waals surface area contributed by atoms with Gasteiger partial charge in [-0.05, 0) is 58.7 Å². The van der Waals surface area contributed by atoms with Crippen LogP contribution < -0.4 is 0 Å². The van der Waals surface area contributed by atoms with Crippen LogP contribution in [0.3, 0.4) is 0 Å². The lowest BCUT2D eigenvalue weighted by molar-refractivity contribution is 0.0751. The maximum absolute atomic E-state index is 13.2. The van der Waals surface area contributed by atoms with Gasteiger partial charge in [-0.1, -0.05) is 28.1 Å². The normalized spacial score (nSPS) is 10.5. The van der Waals surface area contributed by atoms with Crippen LogP contribution in [0.1, 0.15) is 22.8 Å². The molecule has 5 heteroatoms. The molecule has 0 aliphatic heterocycles. The first-order valence-electron chi connectivity index (χ1n) is 6.50. The summed E-state index contributed by atoms with van der Waals surface area (Å²) in [7, 11) is 0. The molecule has 0 atom stereocenters. The number of hydrogen-bond acceptors (Lipinski definition) is 1. The first-order chi connectivity index (χ1) is 10.0. The summed E-state index contributed by atoms with van der Waals surface area (Å²) in [6.45, 7) is 2.84. The van der Waals surface area contributed by atoms with E-state index >= 15 is 0 Å². The van der Waals surface area contributed by atoms with Crippen molar-refractivity contribution in [3.63, 3.8) is 0 Å². The summed E-state index contributed by atoms with van der Waals surface area (Å²) < 4.78 is 14.9. The Labute approximate surface area is 140 Å². The molecule has 0 aliphatic rings. The smallest absolute Gasteiger partial charge is 0.255 e. The summed E-state index contributed by atoms with van der Waals surface area (Å²) in [5.41, 5.74) is 1.37. The van der Waals surface area contributed by atoms with Crippen molar-refractivity contribution in [2.45, 2.75) is 13.5 Å². The van der Waals surface area contributed by atoms with Gasteiger partial charge in [0.15, 0.2) is 0 Å². The fourth-order valence-corrected chi connectivity index (χ4v) is 3.23. The Hall–Kier alpha value is -1.20. The fraction of sp³-hybridized carbons (Fsp3) is 0.188. The van der Waals surface area contributed by atoms with Gasteiger partial charge in [-0.2, -0.15) is 0 Å². The molecule has 0 aliphatic carbocycles. The van der Waals surface area contributed by atoms with Crippen molar-refractivity contribution in [3.05, 3.63) is 68.4 Å². The summed E-state index contributed by atoms with van der Waals surface area (Å²) in [4.78, 5) is 14.3. The molecule has 0 N–H and O–H groups in total. The van der Waals surface area contributed by atoms with Crippen LogP contribution in [0.2, 0.25) is 0 Å². The van der Waals surface area contributed by atoms with Crippen LogP contribution in [0.4, 0.5) is 4.39 Å². The number of amides is 1. The van der Waals surface area contributed by atoms with E-state index in [0.29, 0.717) is 18.7 Å². The van der Waals surface area contributed by atoms with Crippen LogP contribution in [0.5, 0.6) is 0 Å². The molecule has 0 aromatic heterocycles. The van der Waals surface area contributed by atoms with Gasteiger partial charge in [-0.3, -0.25) is 4.79 Å². The SMILES string of the molecule is CCN(Cc1cccc(F)c1)C(=O)c1ccc(Br)cc1Br. The van der Waals surface area contributed by atoms with E-state index in [2.05, 4.69) is 31.9 Å². The molecule has 0 bridgehead atoms. The first kappa shape index (κ1) is 16.2. The van der Waals surface area contributed by atoms with E-state index in [4.69, 9.17) is 0 Å². The molecular weight excluding hydrogens is 401 g/mol. The Bertz CT molecular complexity index is 660. The van der Waals surface area contributed by atoms with Crippen molar-refractivity contribution in [1.82, 2.24) is 4.90 Å². The summed E-state index contributed by atoms with van der Waals surface area (Å²) >= 11 is 6.77. The lowest BCUT2D eigenvalue weighted by Gasteiger charge is -2.22. The van der Waals surface area contributed by atoms with Gasteiger partial charge in [0.05, 0.1) is 5.56 Å². The van der Waals surface area contributed by atoms with Crippen molar-refractivity contribution < 1.29 is 9.18 Å². The molecule has 0 radical (unpaired) electrons. The minimum absolute atomic E-state index is 0.0823. The second-order valence-corrected chi connectivity index (χ2v) is 6.34. The van der Waals surface area contributed by atoms with Gasteiger partial charge in [-0.15, -0.1) is 0 Å². The Morgan fingerprint density at radius 3 is 2.57 bits per heavy atom. The van der Waals surface area contributed by atoms with Crippen LogP contribution in [0.15, 0.2) is 51.4 Å². The number of halogens is 3. The van der Waals surface area contributed by atoms with Crippen molar-refractivity contribution in [2.75, 3.05) is 6.54 Å². The molecular formula is C16H14Br2FNO. The van der Waals surface area contributed by atoms with Crippen molar-refractivity contribution in [1.29, 1.82) is 0 Å². The quantitative estimate of drug-likeness (QED) is 0.688. The number of rotatable bonds is 4. The third-order valence-electron chi connectivity index (χ3n) is 3.09. The molecule has 0 heterocycles. The Balaban J connectivity index is 2.22. The summed E-state index contributed by atoms with van der Waals surface area (Å²) in [6, 6.07) is 11.7. The molecule has 2 rings (SSSR count). The van der Waals surface area contributed by atoms with Crippen molar-refractivity contribution >= 4 is 37.8 Å². The second-order valence-electron chi connectivity index (χ2n) is 4.57. The highest BCUT2D eigenvalue weighted by Gasteiger charge is 2.17. The lowest BCUT2D eigenvalue weighted by atomic mass is 10.1. The van der Waals surface area contributed by atoms with Crippen molar-refractivity contribution in [2.24, 2.45) is 0 Å². The van der Waals surface area contributed by atoms with Gasteiger partial charge in [0.1, 0.15) is 5.82 Å². The van der Waals surface area contributed by atoms with E-state index < -0.39 is 0 Å². The third-order valence-corrected chi connectivity index (χ3v) is 4.24. The van der Waals surface area contributed by atoms with Crippen molar-refractivity contribution in [3.8, 4) is 0 Å². The number of benzene rings is 2. The average molecular weight is 415 g/mol. The maximum atomic E-state index is 13.2. The van der Waals surface area contributed by atoms with E-state index in [1.807, 2.05) is 25.1 Å². The topological polar surface area (TPSA) is 20.3 Å². The first-order valence-corrected chi connectivity index (χ1v) is 8.08. The Morgan fingerprint density at radius 2 is 1.95 bits per heavy atom. The van der Waals surface area contributed by atoms with Crippen LogP contribution in [-0.4, -0.2) is 17.4 Å². The van der Waals surface area contributed by atoms with Gasteiger partial charge in [-0.25, -0.2) is 4.39 Å². The molecule has 0 saturated carbocycles. The van der Waals surface area contributed by atoms with E-state index in [0.717, 1.165) is 14.5 Å². The average Bonchev–Trinajstić information content (AvgIpc) is 2.44. The molecule has 21 heavy (non-hydrogen) atoms. The molecule has 2 aromatic rings. The number of carbonyl (C=O) groups excluding carboxylic acids is 1. The van der Waals surface area contributed by atoms with Crippen LogP contribution in [-0.2, 0) is 6.54 Å². The third kappa shape index (κ3) is 4.14. The Morgan fingerprint density at radius 1 is 1.19 bits per heavy atom. The van der Waals surface area contributed by atoms with E-state index in [9.17, 15) is 9.18 Å². The predicted octanol–water partition coefficient (Wildman–Crippen LogP) is 5.01. The Kier molecular flexibility index (Phi) is 5.53. The zero-order chi connectivity index (χ0) is 15.4. The van der Waals surface area contributed by atoms with E-state index in [1.54, 1.807) is 17.0 Å². The fourth-order valence-electron chi connectivity index (χ4n) is 2.02. The highest BCUT2D eigenvalue weighted by Crippen LogP contribution is 2.23. The van der Waals surface area contributed by atoms with Crippen LogP contribution in [0.25, 0.3) is 0 Å². The number of carbonyl (C=O) groups is 1. The minimum atomic E-state index is -0.291. The largest absolute Gasteiger partial charge is 0.335 e. The summed E-state index contributed by atoms with van der Waals surface area (Å²) in [5, 5.41) is 0. The van der Waals surface area contributed by atoms with Gasteiger partial charge >= 0.3 is 0 Å². The summed E-state index contributed by atoms with van der Waals surface area (Å²) in [6.07, 6.45) is 0. The van der Waals surface area contributed by atoms with Gasteiger partial charge in [0, 0.05) is 22.0 Å². The number of hydrogen-bond donors (Lipinski definition) is 0. The monoisotopic (exact) mass is 413 g/mol. The molecule has 0 unspecified atom stereocenters. The number of nitrogens with zero attached hydrogens (tertiary/aromatic N) is 1. The van der Waals surface area contributed by atoms with Crippen LogP contribution in [0, 0.1) is 5.82 Å². The minimum Gasteiger partial charge on any atom is -0.335 e. The van der Waals surface area contributed by atoms with E-state index in [1.165, 1.54) is 12.1 Å². The van der Waals surface area contributed by atoms with Gasteiger partial charge in [0.2, 0.25) is 0 Å². The zero-order valence-corrected chi connectivity index (χ0v) is 14.6. The molecule has 1 amide bonds. The molecule has 110 valence electrons. The lowest BCUT2D eigenvalue weighted by Crippen LogP contribution is -2.30. The standard InChI is InChI=1S/C16H14Br2FNO/c1-2-20(10-11-4-3-5-13(19)8-11)16(21)14-7-6-12(17)9-15(14)18/h3-9H,2,10H2,1H3. The molecule has 2 aromatic carbocycles. The highest BCUT2D eigenvalue weighted by molar-refractivity contribution is 9.11. The molecule has 0 spiro atoms. The maximum Gasteiger partial charge on any atom is 0.255 e. The second kappa shape index (κ2) is 7.18. The zero-order valence-electron chi connectivity index (χ0n) is 11.4. The van der Waals surface area contributed by atoms with Gasteiger partial charge in [0.25, 0.3) is 5.91 Å².